The van der Waals surface area contributed by atoms with Crippen molar-refractivity contribution in [3.05, 3.63) is 29.8 Å². The standard InChI is InChI=1S/C10H11NO3/c1-7(12)11(2)9-6-4-3-5-8(9)10(13)14/h3-6H,1-2H3,(H,13,14). The molecule has 0 aliphatic carbocycles. The van der Waals surface area contributed by atoms with Gasteiger partial charge in [-0.3, -0.25) is 4.79 Å². The summed E-state index contributed by atoms with van der Waals surface area (Å²) >= 11 is 0. The second kappa shape index (κ2) is 3.91. The average Bonchev–Trinajstić information content (AvgIpc) is 2.16. The lowest BCUT2D eigenvalue weighted by molar-refractivity contribution is -0.116. The monoisotopic (exact) mass is 193 g/mol. The van der Waals surface area contributed by atoms with Crippen molar-refractivity contribution < 1.29 is 14.7 Å². The van der Waals surface area contributed by atoms with Gasteiger partial charge in [0.2, 0.25) is 5.91 Å². The van der Waals surface area contributed by atoms with Gasteiger partial charge < -0.3 is 10.0 Å². The number of para-hydroxylation sites is 1. The molecule has 4 nitrogen and oxygen atoms in total. The number of nitrogens with zero attached hydrogens (tertiary/aromatic N) is 1. The van der Waals surface area contributed by atoms with Gasteiger partial charge in [0.25, 0.3) is 0 Å². The fourth-order valence-electron chi connectivity index (χ4n) is 1.12. The molecule has 1 aromatic rings. The number of benzene rings is 1. The molecule has 1 rings (SSSR count). The molecule has 0 aliphatic heterocycles. The third-order valence-corrected chi connectivity index (χ3v) is 1.97. The Labute approximate surface area is 81.8 Å². The van der Waals surface area contributed by atoms with Gasteiger partial charge in [-0.15, -0.1) is 0 Å². The van der Waals surface area contributed by atoms with Crippen LogP contribution in [0.15, 0.2) is 24.3 Å². The van der Waals surface area contributed by atoms with Crippen LogP contribution >= 0.6 is 0 Å². The van der Waals surface area contributed by atoms with Gasteiger partial charge in [0.15, 0.2) is 0 Å². The van der Waals surface area contributed by atoms with Crippen LogP contribution in [0.2, 0.25) is 0 Å². The smallest absolute Gasteiger partial charge is 0.337 e. The number of rotatable bonds is 2. The minimum Gasteiger partial charge on any atom is -0.478 e. The number of anilines is 1. The van der Waals surface area contributed by atoms with Crippen LogP contribution < -0.4 is 4.90 Å². The number of carbonyl (C=O) groups is 2. The minimum atomic E-state index is -1.03. The summed E-state index contributed by atoms with van der Waals surface area (Å²) in [4.78, 5) is 23.2. The highest BCUT2D eigenvalue weighted by Gasteiger charge is 2.14. The van der Waals surface area contributed by atoms with Gasteiger partial charge in [0.1, 0.15) is 0 Å². The van der Waals surface area contributed by atoms with Crippen LogP contribution in [0.3, 0.4) is 0 Å². The topological polar surface area (TPSA) is 57.6 Å². The minimum absolute atomic E-state index is 0.130. The van der Waals surface area contributed by atoms with E-state index in [1.54, 1.807) is 25.2 Å². The number of carboxylic acids is 1. The van der Waals surface area contributed by atoms with Gasteiger partial charge >= 0.3 is 5.97 Å². The maximum absolute atomic E-state index is 11.1. The maximum atomic E-state index is 11.1. The van der Waals surface area contributed by atoms with E-state index < -0.39 is 5.97 Å². The molecule has 1 aromatic carbocycles. The highest BCUT2D eigenvalue weighted by atomic mass is 16.4. The normalized spacial score (nSPS) is 9.57. The Morgan fingerprint density at radius 3 is 2.36 bits per heavy atom. The zero-order chi connectivity index (χ0) is 10.7. The predicted molar refractivity (Wildman–Crippen MR) is 52.5 cm³/mol. The molecule has 4 heteroatoms. The largest absolute Gasteiger partial charge is 0.478 e. The molecule has 0 atom stereocenters. The molecule has 0 aromatic heterocycles. The Morgan fingerprint density at radius 2 is 1.86 bits per heavy atom. The Bertz CT molecular complexity index is 373. The molecule has 0 fully saturated rings. The van der Waals surface area contributed by atoms with E-state index >= 15 is 0 Å². The summed E-state index contributed by atoms with van der Waals surface area (Å²) in [6, 6.07) is 6.39. The number of hydrogen-bond acceptors (Lipinski definition) is 2. The summed E-state index contributed by atoms with van der Waals surface area (Å²) in [5, 5.41) is 8.86. The van der Waals surface area contributed by atoms with Crippen LogP contribution in [0.4, 0.5) is 5.69 Å². The first-order valence-corrected chi connectivity index (χ1v) is 4.10. The average molecular weight is 193 g/mol. The van der Waals surface area contributed by atoms with Crippen molar-refractivity contribution in [2.24, 2.45) is 0 Å². The zero-order valence-electron chi connectivity index (χ0n) is 8.02. The van der Waals surface area contributed by atoms with Crippen molar-refractivity contribution in [1.82, 2.24) is 0 Å². The van der Waals surface area contributed by atoms with Crippen molar-refractivity contribution in [3.8, 4) is 0 Å². The SMILES string of the molecule is CC(=O)N(C)c1ccccc1C(=O)O. The third kappa shape index (κ3) is 1.90. The molecule has 0 saturated carbocycles. The van der Waals surface area contributed by atoms with Crippen molar-refractivity contribution >= 4 is 17.6 Å². The third-order valence-electron chi connectivity index (χ3n) is 1.97. The number of amides is 1. The van der Waals surface area contributed by atoms with E-state index in [9.17, 15) is 9.59 Å². The van der Waals surface area contributed by atoms with Crippen molar-refractivity contribution in [2.75, 3.05) is 11.9 Å². The van der Waals surface area contributed by atoms with Crippen LogP contribution in [0.5, 0.6) is 0 Å². The molecule has 0 bridgehead atoms. The summed E-state index contributed by atoms with van der Waals surface area (Å²) in [5.41, 5.74) is 0.540. The fourth-order valence-corrected chi connectivity index (χ4v) is 1.12. The number of carboxylic acid groups (broad SMARTS) is 1. The quantitative estimate of drug-likeness (QED) is 0.771. The van der Waals surface area contributed by atoms with Crippen LogP contribution in [-0.2, 0) is 4.79 Å². The summed E-state index contributed by atoms with van der Waals surface area (Å²) < 4.78 is 0. The van der Waals surface area contributed by atoms with Gasteiger partial charge in [-0.1, -0.05) is 12.1 Å². The Morgan fingerprint density at radius 1 is 1.29 bits per heavy atom. The first-order chi connectivity index (χ1) is 6.54. The number of aromatic carboxylic acids is 1. The lowest BCUT2D eigenvalue weighted by atomic mass is 10.1. The van der Waals surface area contributed by atoms with E-state index in [2.05, 4.69) is 0 Å². The van der Waals surface area contributed by atoms with Gasteiger partial charge in [0, 0.05) is 14.0 Å². The molecule has 0 saturated heterocycles. The molecule has 1 N–H and O–H groups in total. The predicted octanol–water partition coefficient (Wildman–Crippen LogP) is 1.37. The summed E-state index contributed by atoms with van der Waals surface area (Å²) in [6.07, 6.45) is 0. The fraction of sp³-hybridized carbons (Fsp3) is 0.200. The summed E-state index contributed by atoms with van der Waals surface area (Å²) in [6.45, 7) is 1.39. The summed E-state index contributed by atoms with van der Waals surface area (Å²) in [5.74, 6) is -1.23. The first-order valence-electron chi connectivity index (χ1n) is 4.10. The van der Waals surface area contributed by atoms with Gasteiger partial charge in [-0.2, -0.15) is 0 Å². The van der Waals surface area contributed by atoms with Crippen LogP contribution in [-0.4, -0.2) is 24.0 Å². The highest BCUT2D eigenvalue weighted by Crippen LogP contribution is 2.18. The first kappa shape index (κ1) is 10.2. The Balaban J connectivity index is 3.19. The molecule has 0 heterocycles. The molecule has 1 amide bonds. The van der Waals surface area contributed by atoms with Gasteiger partial charge in [0.05, 0.1) is 11.3 Å². The molecule has 14 heavy (non-hydrogen) atoms. The van der Waals surface area contributed by atoms with Gasteiger partial charge in [-0.25, -0.2) is 4.79 Å². The van der Waals surface area contributed by atoms with Crippen molar-refractivity contribution in [2.45, 2.75) is 6.92 Å². The second-order valence-corrected chi connectivity index (χ2v) is 2.90. The van der Waals surface area contributed by atoms with E-state index in [-0.39, 0.29) is 11.5 Å². The van der Waals surface area contributed by atoms with E-state index in [0.717, 1.165) is 0 Å². The Kier molecular flexibility index (Phi) is 2.86. The molecule has 74 valence electrons. The number of hydrogen-bond donors (Lipinski definition) is 1. The molecule has 0 unspecified atom stereocenters. The van der Waals surface area contributed by atoms with Gasteiger partial charge in [-0.05, 0) is 12.1 Å². The van der Waals surface area contributed by atoms with Crippen LogP contribution in [0, 0.1) is 0 Å². The molecular weight excluding hydrogens is 182 g/mol. The zero-order valence-corrected chi connectivity index (χ0v) is 8.02. The van der Waals surface area contributed by atoms with E-state index in [1.165, 1.54) is 17.9 Å². The van der Waals surface area contributed by atoms with Crippen LogP contribution in [0.1, 0.15) is 17.3 Å². The second-order valence-electron chi connectivity index (χ2n) is 2.90. The van der Waals surface area contributed by atoms with E-state index in [4.69, 9.17) is 5.11 Å². The lowest BCUT2D eigenvalue weighted by Gasteiger charge is -2.16. The molecule has 0 spiro atoms. The highest BCUT2D eigenvalue weighted by molar-refractivity contribution is 6.00. The van der Waals surface area contributed by atoms with E-state index in [1.807, 2.05) is 0 Å². The molecule has 0 aliphatic rings. The Hall–Kier alpha value is -1.84. The van der Waals surface area contributed by atoms with Crippen LogP contribution in [0.25, 0.3) is 0 Å². The van der Waals surface area contributed by atoms with E-state index in [0.29, 0.717) is 5.69 Å². The maximum Gasteiger partial charge on any atom is 0.337 e. The van der Waals surface area contributed by atoms with Crippen molar-refractivity contribution in [3.63, 3.8) is 0 Å². The number of carbonyl (C=O) groups excluding carboxylic acids is 1. The molecule has 0 radical (unpaired) electrons. The molecular formula is C10H11NO3. The van der Waals surface area contributed by atoms with Crippen molar-refractivity contribution in [1.29, 1.82) is 0 Å². The lowest BCUT2D eigenvalue weighted by Crippen LogP contribution is -2.24. The summed E-state index contributed by atoms with van der Waals surface area (Å²) in [7, 11) is 1.55.